The Bertz CT molecular complexity index is 634. The molecule has 0 bridgehead atoms. The lowest BCUT2D eigenvalue weighted by Gasteiger charge is -2.27. The molecule has 7 nitrogen and oxygen atoms in total. The van der Waals surface area contributed by atoms with Gasteiger partial charge < -0.3 is 20.5 Å². The van der Waals surface area contributed by atoms with Crippen molar-refractivity contribution < 1.29 is 19.1 Å². The number of nitrogens with zero attached hydrogens (tertiary/aromatic N) is 1. The number of fused-ring (bicyclic) bond motifs is 1. The number of amides is 3. The highest BCUT2D eigenvalue weighted by Crippen LogP contribution is 2.38. The van der Waals surface area contributed by atoms with Gasteiger partial charge in [-0.1, -0.05) is 13.0 Å². The van der Waals surface area contributed by atoms with Gasteiger partial charge in [0.25, 0.3) is 5.91 Å². The molecule has 23 heavy (non-hydrogen) atoms. The van der Waals surface area contributed by atoms with Crippen LogP contribution in [0.2, 0.25) is 0 Å². The van der Waals surface area contributed by atoms with Crippen LogP contribution in [0.3, 0.4) is 0 Å². The van der Waals surface area contributed by atoms with E-state index in [1.54, 1.807) is 12.1 Å². The number of carbonyl (C=O) groups excluding carboxylic acids is 2. The zero-order valence-electron chi connectivity index (χ0n) is 13.1. The van der Waals surface area contributed by atoms with Crippen LogP contribution in [-0.4, -0.2) is 43.1 Å². The molecule has 0 aliphatic carbocycles. The minimum Gasteiger partial charge on any atom is -0.486 e. The van der Waals surface area contributed by atoms with E-state index in [4.69, 9.17) is 15.2 Å². The number of hydrogen-bond donors (Lipinski definition) is 2. The summed E-state index contributed by atoms with van der Waals surface area (Å²) >= 11 is 0. The van der Waals surface area contributed by atoms with Gasteiger partial charge in [-0.25, -0.2) is 4.79 Å². The van der Waals surface area contributed by atoms with Gasteiger partial charge in [0.05, 0.1) is 0 Å². The van der Waals surface area contributed by atoms with Gasteiger partial charge in [0.1, 0.15) is 18.8 Å². The molecule has 0 saturated carbocycles. The Morgan fingerprint density at radius 3 is 2.70 bits per heavy atom. The fourth-order valence-electron chi connectivity index (χ4n) is 3.03. The van der Waals surface area contributed by atoms with Gasteiger partial charge in [-0.2, -0.15) is 0 Å². The normalized spacial score (nSPS) is 23.1. The standard InChI is InChI=1S/C16H21N3O4/c1-2-16(14(20)19(7-3-6-17)15(21)18-16)11-4-5-12-13(10-11)23-9-8-22-12/h4-5,10H,2-3,6-9,17H2,1H3,(H,18,21). The first kappa shape index (κ1) is 15.6. The summed E-state index contributed by atoms with van der Waals surface area (Å²) in [7, 11) is 0. The van der Waals surface area contributed by atoms with Crippen molar-refractivity contribution in [3.63, 3.8) is 0 Å². The first-order chi connectivity index (χ1) is 11.1. The summed E-state index contributed by atoms with van der Waals surface area (Å²) in [4.78, 5) is 26.3. The van der Waals surface area contributed by atoms with Gasteiger partial charge >= 0.3 is 6.03 Å². The fraction of sp³-hybridized carbons (Fsp3) is 0.500. The van der Waals surface area contributed by atoms with Crippen molar-refractivity contribution in [3.8, 4) is 11.5 Å². The number of carbonyl (C=O) groups is 2. The molecule has 1 saturated heterocycles. The highest BCUT2D eigenvalue weighted by atomic mass is 16.6. The fourth-order valence-corrected chi connectivity index (χ4v) is 3.03. The Labute approximate surface area is 134 Å². The second-order valence-corrected chi connectivity index (χ2v) is 5.65. The van der Waals surface area contributed by atoms with Crippen molar-refractivity contribution in [2.24, 2.45) is 5.73 Å². The summed E-state index contributed by atoms with van der Waals surface area (Å²) in [5.74, 6) is 1.02. The van der Waals surface area contributed by atoms with Crippen molar-refractivity contribution in [1.82, 2.24) is 10.2 Å². The van der Waals surface area contributed by atoms with Crippen LogP contribution < -0.4 is 20.5 Å². The number of rotatable bonds is 5. The zero-order chi connectivity index (χ0) is 16.4. The molecule has 124 valence electrons. The Balaban J connectivity index is 1.95. The van der Waals surface area contributed by atoms with Crippen LogP contribution in [0.25, 0.3) is 0 Å². The molecule has 7 heteroatoms. The molecule has 1 unspecified atom stereocenters. The van der Waals surface area contributed by atoms with Gasteiger partial charge in [0.15, 0.2) is 11.5 Å². The first-order valence-electron chi connectivity index (χ1n) is 7.86. The Hall–Kier alpha value is -2.28. The Morgan fingerprint density at radius 2 is 2.00 bits per heavy atom. The third-order valence-corrected chi connectivity index (χ3v) is 4.33. The Morgan fingerprint density at radius 1 is 1.26 bits per heavy atom. The minimum atomic E-state index is -1.05. The number of ether oxygens (including phenoxy) is 2. The SMILES string of the molecule is CCC1(c2ccc3c(c2)OCCO3)NC(=O)N(CCCN)C1=O. The molecule has 2 aliphatic rings. The van der Waals surface area contributed by atoms with E-state index in [-0.39, 0.29) is 11.9 Å². The second kappa shape index (κ2) is 6.08. The molecule has 1 atom stereocenters. The zero-order valence-corrected chi connectivity index (χ0v) is 13.1. The second-order valence-electron chi connectivity index (χ2n) is 5.65. The number of imide groups is 1. The van der Waals surface area contributed by atoms with Crippen LogP contribution in [-0.2, 0) is 10.3 Å². The summed E-state index contributed by atoms with van der Waals surface area (Å²) in [5, 5.41) is 2.85. The van der Waals surface area contributed by atoms with E-state index in [1.807, 2.05) is 13.0 Å². The van der Waals surface area contributed by atoms with Gasteiger partial charge in [0, 0.05) is 6.54 Å². The van der Waals surface area contributed by atoms with Crippen LogP contribution in [0.4, 0.5) is 4.79 Å². The molecule has 3 N–H and O–H groups in total. The monoisotopic (exact) mass is 319 g/mol. The highest BCUT2D eigenvalue weighted by Gasteiger charge is 2.51. The molecule has 1 aromatic rings. The van der Waals surface area contributed by atoms with E-state index in [0.717, 1.165) is 0 Å². The predicted molar refractivity (Wildman–Crippen MR) is 83.3 cm³/mol. The highest BCUT2D eigenvalue weighted by molar-refractivity contribution is 6.07. The van der Waals surface area contributed by atoms with Gasteiger partial charge in [-0.05, 0) is 37.1 Å². The van der Waals surface area contributed by atoms with Crippen LogP contribution in [0.1, 0.15) is 25.3 Å². The van der Waals surface area contributed by atoms with Crippen molar-refractivity contribution >= 4 is 11.9 Å². The van der Waals surface area contributed by atoms with Crippen molar-refractivity contribution in [2.45, 2.75) is 25.3 Å². The number of benzene rings is 1. The molecule has 2 heterocycles. The lowest BCUT2D eigenvalue weighted by atomic mass is 9.87. The molecule has 3 rings (SSSR count). The molecule has 0 aromatic heterocycles. The number of nitrogens with two attached hydrogens (primary N) is 1. The third-order valence-electron chi connectivity index (χ3n) is 4.33. The van der Waals surface area contributed by atoms with Crippen LogP contribution in [0, 0.1) is 0 Å². The molecule has 0 spiro atoms. The number of nitrogens with one attached hydrogen (secondary N) is 1. The maximum absolute atomic E-state index is 12.9. The topological polar surface area (TPSA) is 93.9 Å². The molecule has 0 radical (unpaired) electrons. The molecular weight excluding hydrogens is 298 g/mol. The van der Waals surface area contributed by atoms with E-state index in [0.29, 0.717) is 56.2 Å². The van der Waals surface area contributed by atoms with E-state index in [2.05, 4.69) is 5.32 Å². The van der Waals surface area contributed by atoms with Gasteiger partial charge in [0.2, 0.25) is 0 Å². The largest absolute Gasteiger partial charge is 0.486 e. The number of urea groups is 1. The maximum Gasteiger partial charge on any atom is 0.325 e. The summed E-state index contributed by atoms with van der Waals surface area (Å²) in [6, 6.07) is 4.99. The predicted octanol–water partition coefficient (Wildman–Crippen LogP) is 0.964. The quantitative estimate of drug-likeness (QED) is 0.789. The van der Waals surface area contributed by atoms with E-state index in [9.17, 15) is 9.59 Å². The molecule has 1 aromatic carbocycles. The smallest absolute Gasteiger partial charge is 0.325 e. The van der Waals surface area contributed by atoms with Crippen LogP contribution in [0.15, 0.2) is 18.2 Å². The molecule has 2 aliphatic heterocycles. The molecular formula is C16H21N3O4. The summed E-state index contributed by atoms with van der Waals surface area (Å²) in [6.07, 6.45) is 1.04. The maximum atomic E-state index is 12.9. The van der Waals surface area contributed by atoms with Crippen molar-refractivity contribution in [3.05, 3.63) is 23.8 Å². The summed E-state index contributed by atoms with van der Waals surface area (Å²) < 4.78 is 11.1. The first-order valence-corrected chi connectivity index (χ1v) is 7.86. The minimum absolute atomic E-state index is 0.241. The average molecular weight is 319 g/mol. The van der Waals surface area contributed by atoms with Crippen molar-refractivity contribution in [2.75, 3.05) is 26.3 Å². The van der Waals surface area contributed by atoms with Crippen LogP contribution in [0.5, 0.6) is 11.5 Å². The molecule has 1 fully saturated rings. The molecule has 3 amide bonds. The van der Waals surface area contributed by atoms with E-state index in [1.165, 1.54) is 4.90 Å². The Kier molecular flexibility index (Phi) is 4.12. The van der Waals surface area contributed by atoms with Gasteiger partial charge in [-0.15, -0.1) is 0 Å². The number of hydrogen-bond acceptors (Lipinski definition) is 5. The van der Waals surface area contributed by atoms with E-state index < -0.39 is 5.54 Å². The van der Waals surface area contributed by atoms with Crippen LogP contribution >= 0.6 is 0 Å². The summed E-state index contributed by atoms with van der Waals surface area (Å²) in [6.45, 7) is 3.61. The average Bonchev–Trinajstić information content (AvgIpc) is 2.83. The van der Waals surface area contributed by atoms with Crippen molar-refractivity contribution in [1.29, 1.82) is 0 Å². The van der Waals surface area contributed by atoms with Gasteiger partial charge in [-0.3, -0.25) is 9.69 Å². The van der Waals surface area contributed by atoms with E-state index >= 15 is 0 Å². The lowest BCUT2D eigenvalue weighted by Crippen LogP contribution is -2.43. The lowest BCUT2D eigenvalue weighted by molar-refractivity contribution is -0.131. The summed E-state index contributed by atoms with van der Waals surface area (Å²) in [5.41, 5.74) is 5.14. The third kappa shape index (κ3) is 2.50.